The minimum Gasteiger partial charge on any atom is -0.244 e. The Balaban J connectivity index is 5.45. The Morgan fingerprint density at radius 3 is 1.65 bits per heavy atom. The van der Waals surface area contributed by atoms with E-state index in [-0.39, 0.29) is 12.8 Å². The van der Waals surface area contributed by atoms with Crippen molar-refractivity contribution in [2.75, 3.05) is 0 Å². The van der Waals surface area contributed by atoms with Crippen LogP contribution in [0.15, 0.2) is 49.6 Å². The zero-order chi connectivity index (χ0) is 24.9. The monoisotopic (exact) mass is 448 g/mol. The van der Waals surface area contributed by atoms with Crippen LogP contribution < -0.4 is 0 Å². The molecule has 0 saturated heterocycles. The van der Waals surface area contributed by atoms with Crippen LogP contribution in [0.1, 0.15) is 80.1 Å². The van der Waals surface area contributed by atoms with Crippen LogP contribution in [0.2, 0.25) is 0 Å². The molecule has 0 aliphatic rings. The number of rotatable bonds is 15. The third-order valence-corrected chi connectivity index (χ3v) is 6.65. The van der Waals surface area contributed by atoms with Crippen LogP contribution in [0.4, 0.5) is 22.0 Å². The van der Waals surface area contributed by atoms with Crippen LogP contribution in [0.25, 0.3) is 0 Å². The minimum atomic E-state index is -4.38. The highest BCUT2D eigenvalue weighted by atomic mass is 19.3. The Morgan fingerprint density at radius 2 is 1.23 bits per heavy atom. The van der Waals surface area contributed by atoms with Crippen LogP contribution in [-0.4, -0.2) is 17.5 Å². The van der Waals surface area contributed by atoms with Crippen molar-refractivity contribution < 1.29 is 22.0 Å². The van der Waals surface area contributed by atoms with Crippen LogP contribution in [0.3, 0.4) is 0 Å². The molecule has 180 valence electrons. The molecule has 0 bridgehead atoms. The lowest BCUT2D eigenvalue weighted by atomic mass is 9.69. The normalized spacial score (nSPS) is 16.4. The van der Waals surface area contributed by atoms with Gasteiger partial charge in [-0.3, -0.25) is 0 Å². The van der Waals surface area contributed by atoms with Crippen molar-refractivity contribution in [2.24, 2.45) is 16.7 Å². The first kappa shape index (κ1) is 29.6. The summed E-state index contributed by atoms with van der Waals surface area (Å²) in [7, 11) is 0. The molecule has 0 nitrogen and oxygen atoms in total. The van der Waals surface area contributed by atoms with Gasteiger partial charge in [-0.2, -0.15) is 17.6 Å². The van der Waals surface area contributed by atoms with Gasteiger partial charge in [0.15, 0.2) is 0 Å². The topological polar surface area (TPSA) is 0 Å². The Labute approximate surface area is 186 Å². The summed E-state index contributed by atoms with van der Waals surface area (Å²) in [5.41, 5.74) is -3.52. The fraction of sp³-hybridized carbons (Fsp3) is 0.692. The number of hydrogen-bond acceptors (Lipinski definition) is 0. The molecule has 0 aromatic carbocycles. The number of alkyl halides is 5. The van der Waals surface area contributed by atoms with E-state index < -0.39 is 47.1 Å². The zero-order valence-electron chi connectivity index (χ0n) is 20.2. The second-order valence-electron chi connectivity index (χ2n) is 10.6. The van der Waals surface area contributed by atoms with E-state index in [1.54, 1.807) is 26.8 Å². The lowest BCUT2D eigenvalue weighted by Gasteiger charge is -2.44. The van der Waals surface area contributed by atoms with E-state index in [9.17, 15) is 13.2 Å². The van der Waals surface area contributed by atoms with Gasteiger partial charge >= 0.3 is 11.8 Å². The van der Waals surface area contributed by atoms with E-state index in [4.69, 9.17) is 0 Å². The van der Waals surface area contributed by atoms with Crippen molar-refractivity contribution in [2.45, 2.75) is 97.6 Å². The van der Waals surface area contributed by atoms with Crippen LogP contribution in [-0.2, 0) is 0 Å². The van der Waals surface area contributed by atoms with Crippen LogP contribution in [0.5, 0.6) is 0 Å². The maximum Gasteiger partial charge on any atom is 0.315 e. The molecule has 5 heteroatoms. The first-order valence-electron chi connectivity index (χ1n) is 10.8. The number of hydrogen-bond donors (Lipinski definition) is 0. The standard InChI is InChI=1S/C26H41F5/c1-11-19(3)13-15-22(6,7)21(5)17-25(28,29)26(30,31)23(8,9)18-24(10,27)16-14-20(4)12-2/h11-12,21H,1-4,13-18H2,5-10H3. The second kappa shape index (κ2) is 10.5. The van der Waals surface area contributed by atoms with E-state index in [0.717, 1.165) is 19.4 Å². The molecule has 0 amide bonds. The Hall–Kier alpha value is -1.39. The molecule has 0 saturated carbocycles. The van der Waals surface area contributed by atoms with E-state index >= 15 is 8.78 Å². The second-order valence-corrected chi connectivity index (χ2v) is 10.6. The van der Waals surface area contributed by atoms with Gasteiger partial charge < -0.3 is 0 Å². The number of allylic oxidation sites excluding steroid dienone is 4. The molecule has 0 heterocycles. The molecule has 0 radical (unpaired) electrons. The van der Waals surface area contributed by atoms with E-state index in [0.29, 0.717) is 18.4 Å². The smallest absolute Gasteiger partial charge is 0.244 e. The third-order valence-electron chi connectivity index (χ3n) is 6.65. The highest BCUT2D eigenvalue weighted by Crippen LogP contribution is 2.55. The maximum absolute atomic E-state index is 15.1. The Kier molecular flexibility index (Phi) is 10.0. The molecule has 31 heavy (non-hydrogen) atoms. The summed E-state index contributed by atoms with van der Waals surface area (Å²) in [6.45, 7) is 23.0. The van der Waals surface area contributed by atoms with Gasteiger partial charge in [-0.15, -0.1) is 0 Å². The summed E-state index contributed by atoms with van der Waals surface area (Å²) < 4.78 is 75.1. The maximum atomic E-state index is 15.1. The van der Waals surface area contributed by atoms with Crippen molar-refractivity contribution >= 4 is 0 Å². The number of halogens is 5. The van der Waals surface area contributed by atoms with E-state index in [2.05, 4.69) is 26.3 Å². The molecule has 0 aromatic rings. The molecule has 0 fully saturated rings. The molecule has 0 N–H and O–H groups in total. The molecular weight excluding hydrogens is 407 g/mol. The van der Waals surface area contributed by atoms with Gasteiger partial charge in [0.05, 0.1) is 0 Å². The zero-order valence-corrected chi connectivity index (χ0v) is 20.2. The van der Waals surface area contributed by atoms with Crippen molar-refractivity contribution in [1.29, 1.82) is 0 Å². The van der Waals surface area contributed by atoms with Crippen LogP contribution >= 0.6 is 0 Å². The average molecular weight is 449 g/mol. The lowest BCUT2D eigenvalue weighted by molar-refractivity contribution is -0.275. The fourth-order valence-electron chi connectivity index (χ4n) is 3.76. The quantitative estimate of drug-likeness (QED) is 0.173. The molecule has 2 unspecified atom stereocenters. The minimum absolute atomic E-state index is 0.0838. The molecule has 0 spiro atoms. The van der Waals surface area contributed by atoms with Crippen molar-refractivity contribution in [1.82, 2.24) is 0 Å². The summed E-state index contributed by atoms with van der Waals surface area (Å²) >= 11 is 0. The van der Waals surface area contributed by atoms with Crippen molar-refractivity contribution in [3.63, 3.8) is 0 Å². The van der Waals surface area contributed by atoms with Gasteiger partial charge in [-0.25, -0.2) is 4.39 Å². The van der Waals surface area contributed by atoms with Crippen molar-refractivity contribution in [3.05, 3.63) is 49.6 Å². The van der Waals surface area contributed by atoms with Gasteiger partial charge in [0.1, 0.15) is 5.67 Å². The molecular formula is C26H41F5. The highest BCUT2D eigenvalue weighted by Gasteiger charge is 2.65. The predicted molar refractivity (Wildman–Crippen MR) is 123 cm³/mol. The summed E-state index contributed by atoms with van der Waals surface area (Å²) in [5.74, 6) is -9.34. The largest absolute Gasteiger partial charge is 0.315 e. The molecule has 0 aliphatic carbocycles. The van der Waals surface area contributed by atoms with Gasteiger partial charge in [0.25, 0.3) is 0 Å². The lowest BCUT2D eigenvalue weighted by Crippen LogP contribution is -2.54. The molecule has 0 aromatic heterocycles. The van der Waals surface area contributed by atoms with E-state index in [1.807, 2.05) is 0 Å². The third kappa shape index (κ3) is 8.23. The van der Waals surface area contributed by atoms with Gasteiger partial charge in [-0.1, -0.05) is 84.2 Å². The summed E-state index contributed by atoms with van der Waals surface area (Å²) in [6.07, 6.45) is 2.64. The van der Waals surface area contributed by atoms with Crippen LogP contribution in [0, 0.1) is 16.7 Å². The SMILES string of the molecule is C=CC(=C)CCC(C)(F)CC(C)(C)C(F)(F)C(F)(F)CC(C)C(C)(C)CCC(=C)C=C. The first-order valence-corrected chi connectivity index (χ1v) is 10.8. The molecule has 2 atom stereocenters. The Morgan fingerprint density at radius 1 is 0.806 bits per heavy atom. The summed E-state index contributed by atoms with van der Waals surface area (Å²) in [4.78, 5) is 0. The summed E-state index contributed by atoms with van der Waals surface area (Å²) in [5, 5.41) is 0. The van der Waals surface area contributed by atoms with Gasteiger partial charge in [0.2, 0.25) is 0 Å². The summed E-state index contributed by atoms with van der Waals surface area (Å²) in [6, 6.07) is 0. The molecule has 0 aliphatic heterocycles. The predicted octanol–water partition coefficient (Wildman–Crippen LogP) is 9.50. The highest BCUT2D eigenvalue weighted by molar-refractivity contribution is 5.12. The first-order chi connectivity index (χ1) is 13.7. The van der Waals surface area contributed by atoms with Gasteiger partial charge in [0, 0.05) is 11.8 Å². The Bertz CT molecular complexity index is 653. The van der Waals surface area contributed by atoms with Crippen molar-refractivity contribution in [3.8, 4) is 0 Å². The average Bonchev–Trinajstić information content (AvgIpc) is 2.62. The van der Waals surface area contributed by atoms with E-state index in [1.165, 1.54) is 13.0 Å². The fourth-order valence-corrected chi connectivity index (χ4v) is 3.76. The van der Waals surface area contributed by atoms with Gasteiger partial charge in [-0.05, 0) is 50.4 Å². The molecule has 0 rings (SSSR count).